The first kappa shape index (κ1) is 21.0. The Morgan fingerprint density at radius 1 is 1.07 bits per heavy atom. The third-order valence-corrected chi connectivity index (χ3v) is 4.32. The first-order valence-electron chi connectivity index (χ1n) is 8.92. The highest BCUT2D eigenvalue weighted by molar-refractivity contribution is 5.85. The minimum atomic E-state index is -0.964. The van der Waals surface area contributed by atoms with E-state index in [1.807, 2.05) is 61.5 Å². The minimum Gasteiger partial charge on any atom is -0.454 e. The smallest absolute Gasteiger partial charge is 0.329 e. The Bertz CT molecular complexity index is 823. The number of likely N-dealkylation sites (N-methyl/N-ethyl adjacent to an activating group) is 1. The Balaban J connectivity index is 1.92. The van der Waals surface area contributed by atoms with E-state index >= 15 is 0 Å². The van der Waals surface area contributed by atoms with Crippen molar-refractivity contribution in [3.05, 3.63) is 71.3 Å². The van der Waals surface area contributed by atoms with Gasteiger partial charge >= 0.3 is 12.0 Å². The molecule has 28 heavy (non-hydrogen) atoms. The number of hydrogen-bond donors (Lipinski definition) is 2. The van der Waals surface area contributed by atoms with Crippen molar-refractivity contribution in [1.29, 1.82) is 0 Å². The van der Waals surface area contributed by atoms with Crippen molar-refractivity contribution in [2.75, 3.05) is 13.7 Å². The summed E-state index contributed by atoms with van der Waals surface area (Å²) in [6.45, 7) is 1.97. The molecule has 148 valence electrons. The Kier molecular flexibility index (Phi) is 7.56. The average Bonchev–Trinajstić information content (AvgIpc) is 2.67. The number of benzene rings is 2. The van der Waals surface area contributed by atoms with Crippen LogP contribution < -0.4 is 11.1 Å². The molecular formula is C21H25N3O4. The number of urea groups is 1. The molecule has 7 nitrogen and oxygen atoms in total. The van der Waals surface area contributed by atoms with Crippen LogP contribution in [0.2, 0.25) is 0 Å². The molecule has 1 atom stereocenters. The number of rotatable bonds is 8. The molecule has 2 aromatic carbocycles. The highest BCUT2D eigenvalue weighted by Gasteiger charge is 2.23. The number of amides is 3. The van der Waals surface area contributed by atoms with Crippen LogP contribution >= 0.6 is 0 Å². The first-order valence-corrected chi connectivity index (χ1v) is 8.92. The van der Waals surface area contributed by atoms with Crippen LogP contribution in [0.15, 0.2) is 54.6 Å². The van der Waals surface area contributed by atoms with Gasteiger partial charge in [-0.2, -0.15) is 0 Å². The molecule has 0 bridgehead atoms. The molecule has 0 spiro atoms. The number of primary amides is 1. The number of carbonyl (C=O) groups is 3. The van der Waals surface area contributed by atoms with E-state index < -0.39 is 24.6 Å². The highest BCUT2D eigenvalue weighted by atomic mass is 16.5. The second-order valence-corrected chi connectivity index (χ2v) is 6.53. The van der Waals surface area contributed by atoms with Gasteiger partial charge in [-0.15, -0.1) is 0 Å². The van der Waals surface area contributed by atoms with Gasteiger partial charge in [-0.1, -0.05) is 54.6 Å². The fraction of sp³-hybridized carbons (Fsp3) is 0.286. The summed E-state index contributed by atoms with van der Waals surface area (Å²) < 4.78 is 5.13. The van der Waals surface area contributed by atoms with Crippen molar-refractivity contribution >= 4 is 17.9 Å². The lowest BCUT2D eigenvalue weighted by molar-refractivity contribution is -0.153. The predicted molar refractivity (Wildman–Crippen MR) is 105 cm³/mol. The zero-order valence-electron chi connectivity index (χ0n) is 16.1. The van der Waals surface area contributed by atoms with E-state index in [1.165, 1.54) is 4.90 Å². The lowest BCUT2D eigenvalue weighted by atomic mass is 10.1. The predicted octanol–water partition coefficient (Wildman–Crippen LogP) is 1.78. The Morgan fingerprint density at radius 3 is 2.36 bits per heavy atom. The standard InChI is InChI=1S/C21H25N3O4/c1-15-8-6-7-11-17(15)13-24(2)19(25)14-28-20(26)18(23-21(22)27)12-16-9-4-3-5-10-16/h3-11,18H,12-14H2,1-2H3,(H3,22,23,27)/t18-/m0/s1. The van der Waals surface area contributed by atoms with Crippen LogP contribution in [0.1, 0.15) is 16.7 Å². The van der Waals surface area contributed by atoms with Crippen LogP contribution in [0.3, 0.4) is 0 Å². The summed E-state index contributed by atoms with van der Waals surface area (Å²) in [5, 5.41) is 2.37. The second kappa shape index (κ2) is 10.1. The number of esters is 1. The summed E-state index contributed by atoms with van der Waals surface area (Å²) in [7, 11) is 1.64. The molecule has 2 rings (SSSR count). The summed E-state index contributed by atoms with van der Waals surface area (Å²) in [4.78, 5) is 37.4. The molecule has 0 unspecified atom stereocenters. The molecule has 0 aliphatic rings. The molecule has 0 radical (unpaired) electrons. The Morgan fingerprint density at radius 2 is 1.71 bits per heavy atom. The van der Waals surface area contributed by atoms with E-state index in [9.17, 15) is 14.4 Å². The number of carbonyl (C=O) groups excluding carboxylic acids is 3. The van der Waals surface area contributed by atoms with Gasteiger partial charge in [0.25, 0.3) is 5.91 Å². The molecule has 0 aromatic heterocycles. The number of nitrogens with two attached hydrogens (primary N) is 1. The topological polar surface area (TPSA) is 102 Å². The summed E-state index contributed by atoms with van der Waals surface area (Å²) >= 11 is 0. The molecule has 0 saturated heterocycles. The van der Waals surface area contributed by atoms with Gasteiger partial charge in [0.05, 0.1) is 0 Å². The summed E-state index contributed by atoms with van der Waals surface area (Å²) in [5.41, 5.74) is 8.08. The van der Waals surface area contributed by atoms with Crippen molar-refractivity contribution < 1.29 is 19.1 Å². The maximum atomic E-state index is 12.4. The number of hydrogen-bond acceptors (Lipinski definition) is 4. The van der Waals surface area contributed by atoms with Crippen molar-refractivity contribution in [3.8, 4) is 0 Å². The number of nitrogens with zero attached hydrogens (tertiary/aromatic N) is 1. The third-order valence-electron chi connectivity index (χ3n) is 4.32. The molecule has 0 fully saturated rings. The van der Waals surface area contributed by atoms with E-state index in [1.54, 1.807) is 7.05 Å². The quantitative estimate of drug-likeness (QED) is 0.678. The molecule has 0 heterocycles. The number of aryl methyl sites for hydroxylation is 1. The highest BCUT2D eigenvalue weighted by Crippen LogP contribution is 2.10. The van der Waals surface area contributed by atoms with Gasteiger partial charge in [0.2, 0.25) is 0 Å². The fourth-order valence-electron chi connectivity index (χ4n) is 2.69. The van der Waals surface area contributed by atoms with Crippen molar-refractivity contribution in [2.24, 2.45) is 5.73 Å². The van der Waals surface area contributed by atoms with Crippen LogP contribution in [0.25, 0.3) is 0 Å². The SMILES string of the molecule is Cc1ccccc1CN(C)C(=O)COC(=O)[C@H](Cc1ccccc1)NC(N)=O. The Hall–Kier alpha value is -3.35. The molecule has 0 saturated carbocycles. The van der Waals surface area contributed by atoms with Crippen LogP contribution in [-0.2, 0) is 27.3 Å². The Labute approximate surface area is 164 Å². The van der Waals surface area contributed by atoms with Crippen LogP contribution in [-0.4, -0.2) is 42.5 Å². The van der Waals surface area contributed by atoms with Crippen molar-refractivity contribution in [2.45, 2.75) is 25.9 Å². The largest absolute Gasteiger partial charge is 0.454 e. The zero-order chi connectivity index (χ0) is 20.5. The van der Waals surface area contributed by atoms with Gasteiger partial charge in [-0.05, 0) is 23.6 Å². The third kappa shape index (κ3) is 6.42. The van der Waals surface area contributed by atoms with Gasteiger partial charge in [0, 0.05) is 20.0 Å². The summed E-state index contributed by atoms with van der Waals surface area (Å²) in [6, 6.07) is 15.1. The van der Waals surface area contributed by atoms with Crippen LogP contribution in [0, 0.1) is 6.92 Å². The van der Waals surface area contributed by atoms with Gasteiger partial charge in [-0.25, -0.2) is 9.59 Å². The van der Waals surface area contributed by atoms with E-state index in [0.29, 0.717) is 6.54 Å². The average molecular weight is 383 g/mol. The lowest BCUT2D eigenvalue weighted by Gasteiger charge is -2.20. The maximum Gasteiger partial charge on any atom is 0.329 e. The zero-order valence-corrected chi connectivity index (χ0v) is 16.1. The fourth-order valence-corrected chi connectivity index (χ4v) is 2.69. The molecular weight excluding hydrogens is 358 g/mol. The molecule has 3 N–H and O–H groups in total. The van der Waals surface area contributed by atoms with Crippen LogP contribution in [0.4, 0.5) is 4.79 Å². The van der Waals surface area contributed by atoms with Gasteiger partial charge in [0.15, 0.2) is 6.61 Å². The molecule has 0 aliphatic carbocycles. The molecule has 2 aromatic rings. The summed E-state index contributed by atoms with van der Waals surface area (Å²) in [6.07, 6.45) is 0.218. The first-order chi connectivity index (χ1) is 13.4. The van der Waals surface area contributed by atoms with E-state index in [-0.39, 0.29) is 12.3 Å². The minimum absolute atomic E-state index is 0.218. The molecule has 3 amide bonds. The van der Waals surface area contributed by atoms with Gasteiger partial charge in [0.1, 0.15) is 6.04 Å². The number of ether oxygens (including phenoxy) is 1. The van der Waals surface area contributed by atoms with Crippen molar-refractivity contribution in [1.82, 2.24) is 10.2 Å². The van der Waals surface area contributed by atoms with E-state index in [4.69, 9.17) is 10.5 Å². The maximum absolute atomic E-state index is 12.4. The number of nitrogens with one attached hydrogen (secondary N) is 1. The molecule has 7 heteroatoms. The van der Waals surface area contributed by atoms with Crippen molar-refractivity contribution in [3.63, 3.8) is 0 Å². The lowest BCUT2D eigenvalue weighted by Crippen LogP contribution is -2.46. The van der Waals surface area contributed by atoms with Gasteiger partial charge < -0.3 is 20.7 Å². The van der Waals surface area contributed by atoms with E-state index in [0.717, 1.165) is 16.7 Å². The monoisotopic (exact) mass is 383 g/mol. The van der Waals surface area contributed by atoms with E-state index in [2.05, 4.69) is 5.32 Å². The normalized spacial score (nSPS) is 11.4. The molecule has 0 aliphatic heterocycles. The second-order valence-electron chi connectivity index (χ2n) is 6.53. The summed E-state index contributed by atoms with van der Waals surface area (Å²) in [5.74, 6) is -1.05. The van der Waals surface area contributed by atoms with Gasteiger partial charge in [-0.3, -0.25) is 4.79 Å². The van der Waals surface area contributed by atoms with Crippen LogP contribution in [0.5, 0.6) is 0 Å².